The molecule has 1 saturated carbocycles. The number of carbonyl (C=O) groups is 2. The van der Waals surface area contributed by atoms with Crippen LogP contribution in [-0.4, -0.2) is 36.3 Å². The quantitative estimate of drug-likeness (QED) is 0.791. The zero-order valence-electron chi connectivity index (χ0n) is 12.3. The van der Waals surface area contributed by atoms with Gasteiger partial charge in [-0.3, -0.25) is 9.59 Å². The molecular weight excluding hydrogens is 379 g/mol. The number of halogens is 1. The van der Waals surface area contributed by atoms with Gasteiger partial charge in [0.2, 0.25) is 5.91 Å². The summed E-state index contributed by atoms with van der Waals surface area (Å²) in [6, 6.07) is 7.70. The summed E-state index contributed by atoms with van der Waals surface area (Å²) in [4.78, 5) is 26.1. The molecular formula is C16H21IN2O2. The van der Waals surface area contributed by atoms with Crippen LogP contribution in [0.15, 0.2) is 24.3 Å². The van der Waals surface area contributed by atoms with E-state index in [-0.39, 0.29) is 18.4 Å². The first kappa shape index (κ1) is 16.3. The Morgan fingerprint density at radius 2 is 1.90 bits per heavy atom. The average Bonchev–Trinajstić information content (AvgIpc) is 2.52. The molecule has 2 amide bonds. The molecule has 0 heterocycles. The molecule has 21 heavy (non-hydrogen) atoms. The van der Waals surface area contributed by atoms with Crippen LogP contribution in [0.4, 0.5) is 0 Å². The van der Waals surface area contributed by atoms with E-state index >= 15 is 0 Å². The summed E-state index contributed by atoms with van der Waals surface area (Å²) in [6.07, 6.45) is 5.80. The number of benzene rings is 1. The molecule has 1 N–H and O–H groups in total. The largest absolute Gasteiger partial charge is 0.343 e. The number of hydrogen-bond acceptors (Lipinski definition) is 2. The lowest BCUT2D eigenvalue weighted by atomic mass is 9.94. The van der Waals surface area contributed by atoms with Gasteiger partial charge in [0.1, 0.15) is 0 Å². The first-order valence-electron chi connectivity index (χ1n) is 7.38. The van der Waals surface area contributed by atoms with Crippen LogP contribution >= 0.6 is 22.6 Å². The van der Waals surface area contributed by atoms with Gasteiger partial charge in [-0.1, -0.05) is 31.4 Å². The average molecular weight is 400 g/mol. The second kappa shape index (κ2) is 7.77. The summed E-state index contributed by atoms with van der Waals surface area (Å²) in [5.41, 5.74) is 0.617. The third-order valence-electron chi connectivity index (χ3n) is 4.03. The van der Waals surface area contributed by atoms with Gasteiger partial charge in [0.05, 0.1) is 12.1 Å². The zero-order chi connectivity index (χ0) is 15.2. The standard InChI is InChI=1S/C16H21IN2O2/c1-19(12-7-3-2-4-8-12)15(20)11-18-16(21)13-9-5-6-10-14(13)17/h5-6,9-10,12H,2-4,7-8,11H2,1H3,(H,18,21). The topological polar surface area (TPSA) is 49.4 Å². The van der Waals surface area contributed by atoms with Crippen molar-refractivity contribution in [3.05, 3.63) is 33.4 Å². The summed E-state index contributed by atoms with van der Waals surface area (Å²) in [6.45, 7) is 0.0663. The molecule has 0 radical (unpaired) electrons. The van der Waals surface area contributed by atoms with Crippen molar-refractivity contribution in [1.82, 2.24) is 10.2 Å². The molecule has 2 rings (SSSR count). The maximum atomic E-state index is 12.2. The lowest BCUT2D eigenvalue weighted by Crippen LogP contribution is -2.44. The van der Waals surface area contributed by atoms with E-state index in [1.165, 1.54) is 19.3 Å². The van der Waals surface area contributed by atoms with Gasteiger partial charge >= 0.3 is 0 Å². The van der Waals surface area contributed by atoms with Crippen molar-refractivity contribution in [2.24, 2.45) is 0 Å². The molecule has 0 aliphatic heterocycles. The normalized spacial score (nSPS) is 15.5. The Morgan fingerprint density at radius 1 is 1.24 bits per heavy atom. The van der Waals surface area contributed by atoms with Crippen molar-refractivity contribution in [3.63, 3.8) is 0 Å². The molecule has 0 atom stereocenters. The molecule has 0 spiro atoms. The van der Waals surface area contributed by atoms with E-state index in [1.54, 1.807) is 11.0 Å². The molecule has 0 unspecified atom stereocenters. The fourth-order valence-corrected chi connectivity index (χ4v) is 3.33. The maximum absolute atomic E-state index is 12.2. The summed E-state index contributed by atoms with van der Waals surface area (Å²) in [5, 5.41) is 2.72. The van der Waals surface area contributed by atoms with Gasteiger partial charge in [-0.2, -0.15) is 0 Å². The molecule has 0 aromatic heterocycles. The van der Waals surface area contributed by atoms with Crippen LogP contribution in [0.2, 0.25) is 0 Å². The Morgan fingerprint density at radius 3 is 2.57 bits per heavy atom. The van der Waals surface area contributed by atoms with Crippen LogP contribution in [0.3, 0.4) is 0 Å². The van der Waals surface area contributed by atoms with E-state index in [1.807, 2.05) is 25.2 Å². The van der Waals surface area contributed by atoms with E-state index in [0.717, 1.165) is 16.4 Å². The second-order valence-corrected chi connectivity index (χ2v) is 6.62. The van der Waals surface area contributed by atoms with E-state index in [2.05, 4.69) is 27.9 Å². The summed E-state index contributed by atoms with van der Waals surface area (Å²) >= 11 is 2.13. The number of hydrogen-bond donors (Lipinski definition) is 1. The minimum Gasteiger partial charge on any atom is -0.343 e. The third kappa shape index (κ3) is 4.43. The van der Waals surface area contributed by atoms with Gasteiger partial charge < -0.3 is 10.2 Å². The SMILES string of the molecule is CN(C(=O)CNC(=O)c1ccccc1I)C1CCCCC1. The molecule has 0 saturated heterocycles. The van der Waals surface area contributed by atoms with E-state index in [4.69, 9.17) is 0 Å². The Labute approximate surface area is 139 Å². The lowest BCUT2D eigenvalue weighted by molar-refractivity contribution is -0.131. The molecule has 5 heteroatoms. The fraction of sp³-hybridized carbons (Fsp3) is 0.500. The molecule has 114 valence electrons. The summed E-state index contributed by atoms with van der Waals surface area (Å²) in [5.74, 6) is -0.202. The number of likely N-dealkylation sites (N-methyl/N-ethyl adjacent to an activating group) is 1. The van der Waals surface area contributed by atoms with Crippen LogP contribution in [0.25, 0.3) is 0 Å². The van der Waals surface area contributed by atoms with Gasteiger partial charge in [0.25, 0.3) is 5.91 Å². The van der Waals surface area contributed by atoms with E-state index in [0.29, 0.717) is 11.6 Å². The van der Waals surface area contributed by atoms with Crippen LogP contribution in [0, 0.1) is 3.57 Å². The van der Waals surface area contributed by atoms with Crippen molar-refractivity contribution in [2.45, 2.75) is 38.1 Å². The van der Waals surface area contributed by atoms with Crippen molar-refractivity contribution >= 4 is 34.4 Å². The molecule has 1 aromatic carbocycles. The van der Waals surface area contributed by atoms with Crippen molar-refractivity contribution in [1.29, 1.82) is 0 Å². The summed E-state index contributed by atoms with van der Waals surface area (Å²) < 4.78 is 0.890. The Bertz CT molecular complexity index is 513. The smallest absolute Gasteiger partial charge is 0.252 e. The second-order valence-electron chi connectivity index (χ2n) is 5.46. The number of nitrogens with one attached hydrogen (secondary N) is 1. The Balaban J connectivity index is 1.86. The first-order chi connectivity index (χ1) is 10.1. The van der Waals surface area contributed by atoms with Crippen LogP contribution in [-0.2, 0) is 4.79 Å². The number of amides is 2. The van der Waals surface area contributed by atoms with Crippen molar-refractivity contribution < 1.29 is 9.59 Å². The highest BCUT2D eigenvalue weighted by Gasteiger charge is 2.22. The summed E-state index contributed by atoms with van der Waals surface area (Å²) in [7, 11) is 1.84. The number of carbonyl (C=O) groups excluding carboxylic acids is 2. The minimum absolute atomic E-state index is 0.0128. The molecule has 0 bridgehead atoms. The highest BCUT2D eigenvalue weighted by molar-refractivity contribution is 14.1. The molecule has 1 fully saturated rings. The van der Waals surface area contributed by atoms with Gasteiger partial charge in [-0.15, -0.1) is 0 Å². The predicted molar refractivity (Wildman–Crippen MR) is 91.1 cm³/mol. The van der Waals surface area contributed by atoms with Crippen LogP contribution < -0.4 is 5.32 Å². The highest BCUT2D eigenvalue weighted by Crippen LogP contribution is 2.21. The van der Waals surface area contributed by atoms with E-state index in [9.17, 15) is 9.59 Å². The fourth-order valence-electron chi connectivity index (χ4n) is 2.69. The van der Waals surface area contributed by atoms with Crippen molar-refractivity contribution in [3.8, 4) is 0 Å². The molecule has 1 aliphatic carbocycles. The third-order valence-corrected chi connectivity index (χ3v) is 4.98. The van der Waals surface area contributed by atoms with Gasteiger partial charge in [-0.05, 0) is 47.6 Å². The predicted octanol–water partition coefficient (Wildman–Crippen LogP) is 2.81. The lowest BCUT2D eigenvalue weighted by Gasteiger charge is -2.31. The van der Waals surface area contributed by atoms with Gasteiger partial charge in [0.15, 0.2) is 0 Å². The Kier molecular flexibility index (Phi) is 6.02. The molecule has 1 aromatic rings. The maximum Gasteiger partial charge on any atom is 0.252 e. The zero-order valence-corrected chi connectivity index (χ0v) is 14.4. The minimum atomic E-state index is -0.189. The highest BCUT2D eigenvalue weighted by atomic mass is 127. The number of nitrogens with zero attached hydrogens (tertiary/aromatic N) is 1. The van der Waals surface area contributed by atoms with Crippen LogP contribution in [0.5, 0.6) is 0 Å². The van der Waals surface area contributed by atoms with Crippen LogP contribution in [0.1, 0.15) is 42.5 Å². The van der Waals surface area contributed by atoms with Gasteiger partial charge in [-0.25, -0.2) is 0 Å². The molecule has 4 nitrogen and oxygen atoms in total. The van der Waals surface area contributed by atoms with E-state index < -0.39 is 0 Å². The molecule has 1 aliphatic rings. The Hall–Kier alpha value is -1.11. The monoisotopic (exact) mass is 400 g/mol. The number of rotatable bonds is 4. The first-order valence-corrected chi connectivity index (χ1v) is 8.46. The van der Waals surface area contributed by atoms with Gasteiger partial charge in [0, 0.05) is 16.7 Å². The van der Waals surface area contributed by atoms with Crippen molar-refractivity contribution in [2.75, 3.05) is 13.6 Å².